The SMILES string of the molecule is Cc1ccc(C)n1-n1c(CCCN2CCCC[C@@H]2C)nnc1CCCN1CCCC[C@@H]1C. The van der Waals surface area contributed by atoms with Crippen molar-refractivity contribution in [3.63, 3.8) is 0 Å². The molecule has 2 aliphatic rings. The Balaban J connectivity index is 1.44. The van der Waals surface area contributed by atoms with Gasteiger partial charge >= 0.3 is 0 Å². The summed E-state index contributed by atoms with van der Waals surface area (Å²) in [5.74, 6) is 2.22. The molecule has 0 unspecified atom stereocenters. The van der Waals surface area contributed by atoms with Crippen LogP contribution in [0.2, 0.25) is 0 Å². The third kappa shape index (κ3) is 5.45. The van der Waals surface area contributed by atoms with Crippen molar-refractivity contribution < 1.29 is 0 Å². The Kier molecular flexibility index (Phi) is 8.06. The third-order valence-corrected chi connectivity index (χ3v) is 7.78. The lowest BCUT2D eigenvalue weighted by Gasteiger charge is -2.33. The molecule has 0 bridgehead atoms. The summed E-state index contributed by atoms with van der Waals surface area (Å²) in [5, 5.41) is 9.39. The van der Waals surface area contributed by atoms with E-state index in [1.807, 2.05) is 0 Å². The largest absolute Gasteiger partial charge is 0.301 e. The minimum atomic E-state index is 0.725. The molecule has 32 heavy (non-hydrogen) atoms. The standard InChI is InChI=1S/C26H44N6/c1-21-11-5-7-17-29(21)19-9-13-25-27-28-26(32(25)31-23(3)15-16-24(31)4)14-10-20-30-18-8-6-12-22(30)2/h15-16,21-22H,5-14,17-20H2,1-4H3/t21-,22-/m0/s1. The number of likely N-dealkylation sites (tertiary alicyclic amines) is 2. The second-order valence-corrected chi connectivity index (χ2v) is 10.2. The van der Waals surface area contributed by atoms with E-state index in [9.17, 15) is 0 Å². The van der Waals surface area contributed by atoms with Crippen LogP contribution in [-0.2, 0) is 12.8 Å². The second-order valence-electron chi connectivity index (χ2n) is 10.2. The van der Waals surface area contributed by atoms with E-state index >= 15 is 0 Å². The maximum Gasteiger partial charge on any atom is 0.153 e. The lowest BCUT2D eigenvalue weighted by Crippen LogP contribution is -2.38. The van der Waals surface area contributed by atoms with Gasteiger partial charge in [-0.15, -0.1) is 10.2 Å². The molecule has 2 aromatic heterocycles. The number of hydrogen-bond acceptors (Lipinski definition) is 4. The van der Waals surface area contributed by atoms with E-state index in [-0.39, 0.29) is 0 Å². The Morgan fingerprint density at radius 2 is 1.19 bits per heavy atom. The molecule has 0 saturated carbocycles. The first-order chi connectivity index (χ1) is 15.5. The van der Waals surface area contributed by atoms with Crippen molar-refractivity contribution >= 4 is 0 Å². The van der Waals surface area contributed by atoms with Crippen LogP contribution >= 0.6 is 0 Å². The summed E-state index contributed by atoms with van der Waals surface area (Å²) < 4.78 is 4.64. The fraction of sp³-hybridized carbons (Fsp3) is 0.769. The van der Waals surface area contributed by atoms with Crippen LogP contribution in [0.1, 0.15) is 88.3 Å². The summed E-state index contributed by atoms with van der Waals surface area (Å²) in [6.07, 6.45) is 12.4. The predicted octanol–water partition coefficient (Wildman–Crippen LogP) is 4.62. The molecule has 2 aliphatic heterocycles. The molecule has 4 rings (SSSR count). The molecule has 2 atom stereocenters. The highest BCUT2D eigenvalue weighted by molar-refractivity contribution is 5.16. The lowest BCUT2D eigenvalue weighted by molar-refractivity contribution is 0.158. The fourth-order valence-electron chi connectivity index (χ4n) is 5.73. The van der Waals surface area contributed by atoms with E-state index in [2.05, 4.69) is 59.0 Å². The Morgan fingerprint density at radius 3 is 1.62 bits per heavy atom. The molecule has 0 aromatic carbocycles. The average Bonchev–Trinajstić information content (AvgIpc) is 3.32. The molecule has 2 aromatic rings. The molecule has 6 heteroatoms. The molecule has 6 nitrogen and oxygen atoms in total. The van der Waals surface area contributed by atoms with Crippen molar-refractivity contribution in [2.45, 2.75) is 104 Å². The third-order valence-electron chi connectivity index (χ3n) is 7.78. The van der Waals surface area contributed by atoms with E-state index in [4.69, 9.17) is 10.2 Å². The minimum Gasteiger partial charge on any atom is -0.301 e. The van der Waals surface area contributed by atoms with Crippen molar-refractivity contribution in [3.8, 4) is 0 Å². The number of piperidine rings is 2. The van der Waals surface area contributed by atoms with Gasteiger partial charge in [-0.1, -0.05) is 12.8 Å². The zero-order chi connectivity index (χ0) is 22.5. The molecule has 0 spiro atoms. The van der Waals surface area contributed by atoms with Crippen LogP contribution in [0.5, 0.6) is 0 Å². The van der Waals surface area contributed by atoms with Gasteiger partial charge in [0.15, 0.2) is 11.6 Å². The van der Waals surface area contributed by atoms with Gasteiger partial charge in [0.25, 0.3) is 0 Å². The summed E-state index contributed by atoms with van der Waals surface area (Å²) in [4.78, 5) is 5.33. The zero-order valence-corrected chi connectivity index (χ0v) is 20.9. The van der Waals surface area contributed by atoms with Gasteiger partial charge in [-0.2, -0.15) is 0 Å². The fourth-order valence-corrected chi connectivity index (χ4v) is 5.73. The summed E-state index contributed by atoms with van der Waals surface area (Å²) in [6, 6.07) is 5.85. The van der Waals surface area contributed by atoms with Gasteiger partial charge in [-0.3, -0.25) is 4.68 Å². The normalized spacial score (nSPS) is 23.1. The maximum absolute atomic E-state index is 4.70. The van der Waals surface area contributed by atoms with Crippen LogP contribution in [0.25, 0.3) is 0 Å². The van der Waals surface area contributed by atoms with E-state index in [0.717, 1.165) is 49.4 Å². The maximum atomic E-state index is 4.70. The molecular formula is C26H44N6. The average molecular weight is 441 g/mol. The van der Waals surface area contributed by atoms with Gasteiger partial charge in [0.1, 0.15) is 0 Å². The van der Waals surface area contributed by atoms with Crippen molar-refractivity contribution in [1.29, 1.82) is 0 Å². The first-order valence-corrected chi connectivity index (χ1v) is 13.1. The van der Waals surface area contributed by atoms with Crippen molar-refractivity contribution in [1.82, 2.24) is 29.3 Å². The molecular weight excluding hydrogens is 396 g/mol. The van der Waals surface area contributed by atoms with E-state index < -0.39 is 0 Å². The molecule has 178 valence electrons. The molecule has 2 fully saturated rings. The van der Waals surface area contributed by atoms with Crippen LogP contribution < -0.4 is 0 Å². The topological polar surface area (TPSA) is 42.1 Å². The van der Waals surface area contributed by atoms with Crippen molar-refractivity contribution in [2.24, 2.45) is 0 Å². The van der Waals surface area contributed by atoms with Gasteiger partial charge in [0.05, 0.1) is 0 Å². The Labute approximate surface area is 195 Å². The van der Waals surface area contributed by atoms with Gasteiger partial charge in [-0.05, 0) is 105 Å². The molecule has 2 saturated heterocycles. The highest BCUT2D eigenvalue weighted by atomic mass is 15.5. The first-order valence-electron chi connectivity index (χ1n) is 13.1. The quantitative estimate of drug-likeness (QED) is 0.570. The van der Waals surface area contributed by atoms with Crippen LogP contribution in [0, 0.1) is 13.8 Å². The summed E-state index contributed by atoms with van der Waals surface area (Å²) >= 11 is 0. The van der Waals surface area contributed by atoms with E-state index in [1.54, 1.807) is 0 Å². The minimum absolute atomic E-state index is 0.725. The first kappa shape index (κ1) is 23.5. The van der Waals surface area contributed by atoms with E-state index in [0.29, 0.717) is 0 Å². The van der Waals surface area contributed by atoms with Crippen LogP contribution in [0.4, 0.5) is 0 Å². The monoisotopic (exact) mass is 440 g/mol. The Hall–Kier alpha value is -1.66. The Morgan fingerprint density at radius 1 is 0.719 bits per heavy atom. The number of nitrogens with zero attached hydrogens (tertiary/aromatic N) is 6. The highest BCUT2D eigenvalue weighted by Crippen LogP contribution is 2.20. The van der Waals surface area contributed by atoms with Gasteiger partial charge in [-0.25, -0.2) is 4.68 Å². The number of hydrogen-bond donors (Lipinski definition) is 0. The molecule has 0 N–H and O–H groups in total. The molecule has 0 aliphatic carbocycles. The van der Waals surface area contributed by atoms with Crippen LogP contribution in [0.3, 0.4) is 0 Å². The van der Waals surface area contributed by atoms with Gasteiger partial charge < -0.3 is 9.80 Å². The highest BCUT2D eigenvalue weighted by Gasteiger charge is 2.21. The summed E-state index contributed by atoms with van der Waals surface area (Å²) in [5.41, 5.74) is 2.50. The summed E-state index contributed by atoms with van der Waals surface area (Å²) in [7, 11) is 0. The zero-order valence-electron chi connectivity index (χ0n) is 20.9. The molecule has 0 amide bonds. The number of aryl methyl sites for hydroxylation is 4. The number of rotatable bonds is 9. The second kappa shape index (κ2) is 11.0. The Bertz CT molecular complexity index is 788. The van der Waals surface area contributed by atoms with Crippen molar-refractivity contribution in [3.05, 3.63) is 35.2 Å². The smallest absolute Gasteiger partial charge is 0.153 e. The van der Waals surface area contributed by atoms with Crippen LogP contribution in [0.15, 0.2) is 12.1 Å². The molecule has 0 radical (unpaired) electrons. The predicted molar refractivity (Wildman–Crippen MR) is 131 cm³/mol. The lowest BCUT2D eigenvalue weighted by atomic mass is 10.0. The van der Waals surface area contributed by atoms with E-state index in [1.165, 1.54) is 76.1 Å². The van der Waals surface area contributed by atoms with Gasteiger partial charge in [0, 0.05) is 36.3 Å². The van der Waals surface area contributed by atoms with Gasteiger partial charge in [0.2, 0.25) is 0 Å². The summed E-state index contributed by atoms with van der Waals surface area (Å²) in [6.45, 7) is 14.0. The van der Waals surface area contributed by atoms with Crippen molar-refractivity contribution in [2.75, 3.05) is 26.2 Å². The van der Waals surface area contributed by atoms with Crippen LogP contribution in [-0.4, -0.2) is 67.6 Å². The number of aromatic nitrogens is 4. The molecule has 4 heterocycles.